The number of benzene rings is 1. The number of rotatable bonds is 5. The molecule has 0 atom stereocenters. The van der Waals surface area contributed by atoms with Crippen LogP contribution in [0.5, 0.6) is 5.75 Å². The summed E-state index contributed by atoms with van der Waals surface area (Å²) in [5, 5.41) is 13.7. The lowest BCUT2D eigenvalue weighted by molar-refractivity contribution is -0.173. The third-order valence-corrected chi connectivity index (χ3v) is 6.14. The number of hydrogen-bond donors (Lipinski definition) is 3. The molecule has 0 radical (unpaired) electrons. The van der Waals surface area contributed by atoms with Crippen molar-refractivity contribution in [2.45, 2.75) is 12.0 Å². The number of H-pyrrole nitrogens is 1. The summed E-state index contributed by atoms with van der Waals surface area (Å²) in [4.78, 5) is 21.9. The number of methoxy groups -OCH3 is 1. The van der Waals surface area contributed by atoms with Gasteiger partial charge in [-0.2, -0.15) is 0 Å². The highest BCUT2D eigenvalue weighted by atomic mass is 19.1. The number of nitrogens with one attached hydrogen (secondary N) is 2. The third kappa shape index (κ3) is 4.17. The molecule has 1 fully saturated rings. The van der Waals surface area contributed by atoms with Gasteiger partial charge in [0.2, 0.25) is 0 Å². The first-order valence-corrected chi connectivity index (χ1v) is 10.8. The minimum atomic E-state index is -0.953. The van der Waals surface area contributed by atoms with E-state index in [1.54, 1.807) is 24.3 Å². The highest BCUT2D eigenvalue weighted by molar-refractivity contribution is 5.96. The number of pyridine rings is 1. The van der Waals surface area contributed by atoms with Crippen LogP contribution in [0.4, 0.5) is 9.18 Å². The Labute approximate surface area is 190 Å². The van der Waals surface area contributed by atoms with Crippen molar-refractivity contribution < 1.29 is 23.8 Å². The maximum absolute atomic E-state index is 14.0. The van der Waals surface area contributed by atoms with Gasteiger partial charge in [-0.3, -0.25) is 0 Å². The summed E-state index contributed by atoms with van der Waals surface area (Å²) in [6.07, 6.45) is 4.37. The predicted molar refractivity (Wildman–Crippen MR) is 121 cm³/mol. The molecule has 0 spiro atoms. The Bertz CT molecular complexity index is 1230. The number of aliphatic hydroxyl groups is 1. The van der Waals surface area contributed by atoms with Gasteiger partial charge in [0, 0.05) is 35.9 Å². The maximum atomic E-state index is 14.0. The van der Waals surface area contributed by atoms with Crippen LogP contribution in [0.2, 0.25) is 0 Å². The molecule has 0 bridgehead atoms. The maximum Gasteiger partial charge on any atom is 0.317 e. The lowest BCUT2D eigenvalue weighted by Crippen LogP contribution is -2.58. The van der Waals surface area contributed by atoms with Gasteiger partial charge in [0.05, 0.1) is 26.9 Å². The number of carbonyl (C=O) groups excluding carboxylic acids is 1. The molecule has 3 aromatic rings. The summed E-state index contributed by atoms with van der Waals surface area (Å²) in [5.74, 6) is 0.250. The van der Waals surface area contributed by atoms with E-state index in [1.165, 1.54) is 12.1 Å². The molecule has 8 nitrogen and oxygen atoms in total. The number of aromatic nitrogens is 2. The van der Waals surface area contributed by atoms with Crippen LogP contribution < -0.4 is 10.1 Å². The second-order valence-corrected chi connectivity index (χ2v) is 8.45. The Morgan fingerprint density at radius 1 is 1.33 bits per heavy atom. The number of urea groups is 1. The zero-order chi connectivity index (χ0) is 23.0. The van der Waals surface area contributed by atoms with E-state index in [0.717, 1.165) is 22.2 Å². The molecule has 0 unspecified atom stereocenters. The molecule has 5 rings (SSSR count). The molecule has 2 aromatic heterocycles. The van der Waals surface area contributed by atoms with Crippen LogP contribution in [0, 0.1) is 5.82 Å². The van der Waals surface area contributed by atoms with E-state index in [4.69, 9.17) is 9.47 Å². The van der Waals surface area contributed by atoms with Crippen molar-refractivity contribution in [3.63, 3.8) is 0 Å². The number of nitrogens with zero attached hydrogens (tertiary/aromatic N) is 2. The quantitative estimate of drug-likeness (QED) is 0.553. The van der Waals surface area contributed by atoms with Crippen LogP contribution in [0.1, 0.15) is 12.1 Å². The van der Waals surface area contributed by atoms with Gasteiger partial charge in [-0.05, 0) is 47.9 Å². The van der Waals surface area contributed by atoms with E-state index in [2.05, 4.69) is 15.3 Å². The molecule has 3 N–H and O–H groups in total. The Morgan fingerprint density at radius 3 is 2.88 bits per heavy atom. The molecule has 2 aliphatic rings. The zero-order valence-electron chi connectivity index (χ0n) is 18.2. The number of ether oxygens (including phenoxy) is 2. The van der Waals surface area contributed by atoms with Gasteiger partial charge < -0.3 is 29.8 Å². The predicted octanol–water partition coefficient (Wildman–Crippen LogP) is 2.94. The highest BCUT2D eigenvalue weighted by Gasteiger charge is 2.36. The average molecular weight is 452 g/mol. The van der Waals surface area contributed by atoms with Crippen LogP contribution in [-0.4, -0.2) is 71.6 Å². The lowest BCUT2D eigenvalue weighted by atomic mass is 10.0. The fourth-order valence-corrected chi connectivity index (χ4v) is 4.22. The first kappa shape index (κ1) is 21.4. The van der Waals surface area contributed by atoms with Crippen molar-refractivity contribution in [2.24, 2.45) is 0 Å². The highest BCUT2D eigenvalue weighted by Crippen LogP contribution is 2.36. The summed E-state index contributed by atoms with van der Waals surface area (Å²) >= 11 is 0. The second-order valence-electron chi connectivity index (χ2n) is 8.45. The number of hydrogen-bond acceptors (Lipinski definition) is 5. The summed E-state index contributed by atoms with van der Waals surface area (Å²) in [5.41, 5.74) is 3.24. The number of halogens is 1. The smallest absolute Gasteiger partial charge is 0.317 e. The molecule has 0 aliphatic carbocycles. The van der Waals surface area contributed by atoms with E-state index in [-0.39, 0.29) is 31.6 Å². The molecule has 172 valence electrons. The largest absolute Gasteiger partial charge is 0.496 e. The zero-order valence-corrected chi connectivity index (χ0v) is 18.2. The van der Waals surface area contributed by atoms with Crippen molar-refractivity contribution in [3.8, 4) is 16.9 Å². The van der Waals surface area contributed by atoms with Gasteiger partial charge >= 0.3 is 6.03 Å². The Hall–Kier alpha value is -3.43. The molecule has 33 heavy (non-hydrogen) atoms. The first-order valence-electron chi connectivity index (χ1n) is 10.8. The van der Waals surface area contributed by atoms with Gasteiger partial charge in [0.15, 0.2) is 0 Å². The first-order chi connectivity index (χ1) is 16.0. The van der Waals surface area contributed by atoms with Gasteiger partial charge in [-0.25, -0.2) is 14.2 Å². The van der Waals surface area contributed by atoms with E-state index in [0.29, 0.717) is 36.5 Å². The van der Waals surface area contributed by atoms with Crippen LogP contribution >= 0.6 is 0 Å². The minimum absolute atomic E-state index is 0.179. The van der Waals surface area contributed by atoms with Crippen molar-refractivity contribution >= 4 is 22.6 Å². The monoisotopic (exact) mass is 452 g/mol. The van der Waals surface area contributed by atoms with Crippen molar-refractivity contribution in [1.82, 2.24) is 20.2 Å². The molecule has 2 aliphatic heterocycles. The summed E-state index contributed by atoms with van der Waals surface area (Å²) in [6, 6.07) is 8.10. The number of fused-ring (bicyclic) bond motifs is 1. The third-order valence-electron chi connectivity index (χ3n) is 6.14. The standard InChI is InChI=1S/C24H25FN4O4/c1-32-21-3-2-16(25)10-18(21)17-4-7-26-22-19(17)11-20(28-22)15-5-8-29(9-6-15)23(30)27-12-24(31)13-33-14-24/h2-5,7,10-11,31H,6,8-9,12-14H2,1H3,(H,26,28)(H,27,30). The van der Waals surface area contributed by atoms with E-state index >= 15 is 0 Å². The number of amides is 2. The van der Waals surface area contributed by atoms with E-state index < -0.39 is 5.60 Å². The lowest BCUT2D eigenvalue weighted by Gasteiger charge is -2.37. The number of aromatic amines is 1. The summed E-state index contributed by atoms with van der Waals surface area (Å²) in [7, 11) is 1.56. The molecule has 4 heterocycles. The number of carbonyl (C=O) groups is 1. The SMILES string of the molecule is COc1ccc(F)cc1-c1ccnc2[nH]c(C3=CCN(C(=O)NCC4(O)COC4)CC3)cc12. The Kier molecular flexibility index (Phi) is 5.51. The van der Waals surface area contributed by atoms with Crippen LogP contribution in [0.25, 0.3) is 27.7 Å². The Balaban J connectivity index is 1.35. The average Bonchev–Trinajstić information content (AvgIpc) is 3.26. The fourth-order valence-electron chi connectivity index (χ4n) is 4.22. The van der Waals surface area contributed by atoms with Crippen LogP contribution in [0.15, 0.2) is 42.6 Å². The van der Waals surface area contributed by atoms with Crippen LogP contribution in [0.3, 0.4) is 0 Å². The van der Waals surface area contributed by atoms with Gasteiger partial charge in [-0.1, -0.05) is 6.08 Å². The second kappa shape index (κ2) is 8.49. The molecule has 1 saturated heterocycles. The van der Waals surface area contributed by atoms with E-state index in [1.807, 2.05) is 18.2 Å². The van der Waals surface area contributed by atoms with Crippen molar-refractivity contribution in [1.29, 1.82) is 0 Å². The summed E-state index contributed by atoms with van der Waals surface area (Å²) < 4.78 is 24.4. The molecule has 9 heteroatoms. The molecular weight excluding hydrogens is 427 g/mol. The van der Waals surface area contributed by atoms with Crippen molar-refractivity contribution in [2.75, 3.05) is 40.0 Å². The van der Waals surface area contributed by atoms with Gasteiger partial charge in [0.25, 0.3) is 0 Å². The molecule has 1 aromatic carbocycles. The van der Waals surface area contributed by atoms with Gasteiger partial charge in [-0.15, -0.1) is 0 Å². The molecule has 2 amide bonds. The van der Waals surface area contributed by atoms with Gasteiger partial charge in [0.1, 0.15) is 22.8 Å². The van der Waals surface area contributed by atoms with Crippen LogP contribution in [-0.2, 0) is 4.74 Å². The van der Waals surface area contributed by atoms with E-state index in [9.17, 15) is 14.3 Å². The normalized spacial score (nSPS) is 17.4. The fraction of sp³-hybridized carbons (Fsp3) is 0.333. The van der Waals surface area contributed by atoms with Crippen molar-refractivity contribution in [3.05, 3.63) is 54.1 Å². The Morgan fingerprint density at radius 2 is 2.18 bits per heavy atom. The summed E-state index contributed by atoms with van der Waals surface area (Å²) in [6.45, 7) is 1.69. The molecule has 0 saturated carbocycles. The minimum Gasteiger partial charge on any atom is -0.496 e. The topological polar surface area (TPSA) is 99.7 Å². The molecular formula is C24H25FN4O4.